The maximum Gasteiger partial charge on any atom is 0.257 e. The minimum Gasteiger partial charge on any atom is -0.458 e. The number of hydrogen-bond acceptors (Lipinski definition) is 5. The van der Waals surface area contributed by atoms with Crippen LogP contribution in [0.5, 0.6) is 0 Å². The molecule has 0 bridgehead atoms. The van der Waals surface area contributed by atoms with Crippen molar-refractivity contribution in [3.63, 3.8) is 0 Å². The first-order chi connectivity index (χ1) is 16.5. The first-order valence-corrected chi connectivity index (χ1v) is 10.7. The Hall–Kier alpha value is -4.70. The van der Waals surface area contributed by atoms with Crippen LogP contribution in [0, 0.1) is 19.3 Å². The highest BCUT2D eigenvalue weighted by atomic mass is 16.3. The summed E-state index contributed by atoms with van der Waals surface area (Å²) in [7, 11) is 0. The van der Waals surface area contributed by atoms with Gasteiger partial charge in [0, 0.05) is 18.0 Å². The number of rotatable bonds is 4. The van der Waals surface area contributed by atoms with Crippen LogP contribution in [0.15, 0.2) is 76.2 Å². The van der Waals surface area contributed by atoms with Gasteiger partial charge in [-0.05, 0) is 37.6 Å². The number of terminal acetylenes is 1. The van der Waals surface area contributed by atoms with Gasteiger partial charge in [0.2, 0.25) is 5.43 Å². The highest BCUT2D eigenvalue weighted by Gasteiger charge is 2.25. The number of fused-ring (bicyclic) bond motifs is 2. The fourth-order valence-electron chi connectivity index (χ4n) is 4.16. The molecule has 0 fully saturated rings. The topological polar surface area (TPSA) is 89.5 Å². The molecule has 3 aromatic heterocycles. The summed E-state index contributed by atoms with van der Waals surface area (Å²) in [5.41, 5.74) is 2.98. The molecule has 0 aliphatic rings. The van der Waals surface area contributed by atoms with Crippen LogP contribution in [0.4, 0.5) is 0 Å². The van der Waals surface area contributed by atoms with E-state index in [2.05, 4.69) is 21.3 Å². The summed E-state index contributed by atoms with van der Waals surface area (Å²) in [6, 6.07) is 15.5. The zero-order chi connectivity index (χ0) is 23.8. The van der Waals surface area contributed by atoms with E-state index in [1.54, 1.807) is 55.0 Å². The van der Waals surface area contributed by atoms with Gasteiger partial charge in [-0.2, -0.15) is 5.10 Å². The molecule has 7 nitrogen and oxygen atoms in total. The third-order valence-electron chi connectivity index (χ3n) is 5.70. The van der Waals surface area contributed by atoms with E-state index in [9.17, 15) is 9.59 Å². The number of amides is 1. The number of carbonyl (C=O) groups is 1. The maximum absolute atomic E-state index is 13.7. The van der Waals surface area contributed by atoms with Crippen LogP contribution in [-0.2, 0) is 0 Å². The van der Waals surface area contributed by atoms with Crippen LogP contribution in [0.1, 0.15) is 40.3 Å². The summed E-state index contributed by atoms with van der Waals surface area (Å²) >= 11 is 0. The largest absolute Gasteiger partial charge is 0.458 e. The lowest BCUT2D eigenvalue weighted by atomic mass is 9.97. The number of nitrogens with zero attached hydrogens (tertiary/aromatic N) is 3. The van der Waals surface area contributed by atoms with Crippen LogP contribution < -0.4 is 10.7 Å². The SMILES string of the molecule is C#Cc1cccc2oc(C(C)NC(=O)c3c(C)nn4cccnc34)c(-c3ccccc3)c(=O)c12. The molecule has 2 aromatic carbocycles. The van der Waals surface area contributed by atoms with Gasteiger partial charge in [-0.3, -0.25) is 9.59 Å². The second kappa shape index (κ2) is 8.34. The lowest BCUT2D eigenvalue weighted by molar-refractivity contribution is 0.0936. The zero-order valence-corrected chi connectivity index (χ0v) is 18.6. The number of carbonyl (C=O) groups excluding carboxylic acids is 1. The van der Waals surface area contributed by atoms with E-state index in [1.165, 1.54) is 0 Å². The quantitative estimate of drug-likeness (QED) is 0.415. The summed E-state index contributed by atoms with van der Waals surface area (Å²) < 4.78 is 7.78. The van der Waals surface area contributed by atoms with Crippen LogP contribution in [-0.4, -0.2) is 20.5 Å². The molecule has 0 saturated heterocycles. The Bertz CT molecular complexity index is 1660. The van der Waals surface area contributed by atoms with Gasteiger partial charge in [-0.15, -0.1) is 6.42 Å². The molecule has 3 heterocycles. The van der Waals surface area contributed by atoms with Gasteiger partial charge in [0.25, 0.3) is 5.91 Å². The van der Waals surface area contributed by atoms with E-state index in [0.29, 0.717) is 50.3 Å². The van der Waals surface area contributed by atoms with Crippen molar-refractivity contribution in [2.24, 2.45) is 0 Å². The number of aryl methyl sites for hydroxylation is 1. The summed E-state index contributed by atoms with van der Waals surface area (Å²) in [4.78, 5) is 31.2. The molecule has 0 aliphatic heterocycles. The van der Waals surface area contributed by atoms with E-state index in [-0.39, 0.29) is 11.3 Å². The van der Waals surface area contributed by atoms with E-state index in [0.717, 1.165) is 0 Å². The minimum atomic E-state index is -0.632. The Labute approximate surface area is 195 Å². The molecule has 1 unspecified atom stereocenters. The minimum absolute atomic E-state index is 0.245. The second-order valence-electron chi connectivity index (χ2n) is 7.90. The fourth-order valence-corrected chi connectivity index (χ4v) is 4.16. The van der Waals surface area contributed by atoms with Crippen molar-refractivity contribution in [2.45, 2.75) is 19.9 Å². The third-order valence-corrected chi connectivity index (χ3v) is 5.70. The molecule has 1 amide bonds. The maximum atomic E-state index is 13.7. The third kappa shape index (κ3) is 3.42. The molecule has 0 aliphatic carbocycles. The Balaban J connectivity index is 1.65. The van der Waals surface area contributed by atoms with Crippen molar-refractivity contribution in [2.75, 3.05) is 0 Å². The molecule has 1 atom stereocenters. The van der Waals surface area contributed by atoms with Crippen molar-refractivity contribution in [1.82, 2.24) is 19.9 Å². The lowest BCUT2D eigenvalue weighted by Gasteiger charge is -2.18. The monoisotopic (exact) mass is 448 g/mol. The molecule has 0 spiro atoms. The van der Waals surface area contributed by atoms with Crippen LogP contribution >= 0.6 is 0 Å². The number of hydrogen-bond donors (Lipinski definition) is 1. The van der Waals surface area contributed by atoms with Crippen LogP contribution in [0.3, 0.4) is 0 Å². The standard InChI is InChI=1S/C27H20N4O3/c1-4-18-12-8-13-20-22(18)24(32)23(19-10-6-5-7-11-19)25(34-20)17(3)29-27(33)21-16(2)30-31-15-9-14-28-26(21)31/h1,5-15,17H,2-3H3,(H,29,33). The van der Waals surface area contributed by atoms with Gasteiger partial charge in [0.05, 0.1) is 22.7 Å². The summed E-state index contributed by atoms with van der Waals surface area (Å²) in [5.74, 6) is 2.54. The molecule has 5 aromatic rings. The normalized spacial score (nSPS) is 11.9. The fraction of sp³-hybridized carbons (Fsp3) is 0.111. The molecule has 7 heteroatoms. The summed E-state index contributed by atoms with van der Waals surface area (Å²) in [6.45, 7) is 3.52. The van der Waals surface area contributed by atoms with Gasteiger partial charge < -0.3 is 9.73 Å². The van der Waals surface area contributed by atoms with Crippen molar-refractivity contribution in [1.29, 1.82) is 0 Å². The van der Waals surface area contributed by atoms with Gasteiger partial charge in [0.15, 0.2) is 5.65 Å². The Kier molecular flexibility index (Phi) is 5.19. The average Bonchev–Trinajstić information content (AvgIpc) is 3.19. The zero-order valence-electron chi connectivity index (χ0n) is 18.6. The number of aromatic nitrogens is 3. The smallest absolute Gasteiger partial charge is 0.257 e. The molecule has 5 rings (SSSR count). The second-order valence-corrected chi connectivity index (χ2v) is 7.90. The van der Waals surface area contributed by atoms with Crippen molar-refractivity contribution in [3.05, 3.63) is 99.8 Å². The number of benzene rings is 2. The summed E-state index contributed by atoms with van der Waals surface area (Å²) in [5, 5.41) is 7.65. The van der Waals surface area contributed by atoms with Crippen molar-refractivity contribution >= 4 is 22.5 Å². The van der Waals surface area contributed by atoms with E-state index in [1.807, 2.05) is 30.3 Å². The first kappa shape index (κ1) is 21.2. The Morgan fingerprint density at radius 2 is 1.94 bits per heavy atom. The van der Waals surface area contributed by atoms with E-state index in [4.69, 9.17) is 10.8 Å². The molecule has 166 valence electrons. The molecular formula is C27H20N4O3. The van der Waals surface area contributed by atoms with Gasteiger partial charge in [0.1, 0.15) is 16.9 Å². The van der Waals surface area contributed by atoms with Crippen LogP contribution in [0.2, 0.25) is 0 Å². The Morgan fingerprint density at radius 1 is 1.15 bits per heavy atom. The predicted octanol–water partition coefficient (Wildman–Crippen LogP) is 4.28. The van der Waals surface area contributed by atoms with Crippen LogP contribution in [0.25, 0.3) is 27.7 Å². The lowest BCUT2D eigenvalue weighted by Crippen LogP contribution is -2.28. The number of nitrogens with one attached hydrogen (secondary N) is 1. The molecule has 1 N–H and O–H groups in total. The van der Waals surface area contributed by atoms with E-state index >= 15 is 0 Å². The predicted molar refractivity (Wildman–Crippen MR) is 129 cm³/mol. The highest BCUT2D eigenvalue weighted by molar-refractivity contribution is 6.01. The van der Waals surface area contributed by atoms with E-state index < -0.39 is 6.04 Å². The summed E-state index contributed by atoms with van der Waals surface area (Å²) in [6.07, 6.45) is 8.99. The van der Waals surface area contributed by atoms with Gasteiger partial charge >= 0.3 is 0 Å². The van der Waals surface area contributed by atoms with Crippen molar-refractivity contribution in [3.8, 4) is 23.5 Å². The molecular weight excluding hydrogens is 428 g/mol. The highest BCUT2D eigenvalue weighted by Crippen LogP contribution is 2.30. The Morgan fingerprint density at radius 3 is 2.71 bits per heavy atom. The molecule has 34 heavy (non-hydrogen) atoms. The average molecular weight is 448 g/mol. The first-order valence-electron chi connectivity index (χ1n) is 10.7. The van der Waals surface area contributed by atoms with Crippen molar-refractivity contribution < 1.29 is 9.21 Å². The van der Waals surface area contributed by atoms with Gasteiger partial charge in [-0.1, -0.05) is 42.3 Å². The molecule has 0 saturated carbocycles. The molecule has 0 radical (unpaired) electrons. The van der Waals surface area contributed by atoms with Gasteiger partial charge in [-0.25, -0.2) is 9.50 Å².